The molecule has 0 aliphatic heterocycles. The average Bonchev–Trinajstić information content (AvgIpc) is 2.43. The predicted octanol–water partition coefficient (Wildman–Crippen LogP) is 3.50. The number of nitrogens with one attached hydrogen (secondary N) is 1. The molecule has 4 heteroatoms. The Morgan fingerprint density at radius 2 is 2.10 bits per heavy atom. The Hall–Kier alpha value is -1.55. The second kappa shape index (κ2) is 8.59. The highest BCUT2D eigenvalue weighted by Gasteiger charge is 2.14. The minimum atomic E-state index is -0.447. The van der Waals surface area contributed by atoms with Crippen LogP contribution >= 0.6 is 0 Å². The molecule has 0 radical (unpaired) electrons. The Morgan fingerprint density at radius 3 is 2.80 bits per heavy atom. The number of hydrogen-bond donors (Lipinski definition) is 2. The smallest absolute Gasteiger partial charge is 0.253 e. The standard InChI is InChI=1S/C16H26N2O2/c1-4-5-6-7-11-20-13(3)16(19)18-15-10-8-9-14(17)12(15)2/h8-10,13H,4-7,11,17H2,1-3H3,(H,18,19). The molecule has 4 nitrogen and oxygen atoms in total. The van der Waals surface area contributed by atoms with Crippen LogP contribution in [0.2, 0.25) is 0 Å². The van der Waals surface area contributed by atoms with Crippen LogP contribution in [0, 0.1) is 6.92 Å². The number of benzene rings is 1. The second-order valence-electron chi connectivity index (χ2n) is 5.08. The van der Waals surface area contributed by atoms with Gasteiger partial charge in [0.25, 0.3) is 5.91 Å². The highest BCUT2D eigenvalue weighted by Crippen LogP contribution is 2.20. The third kappa shape index (κ3) is 5.21. The van der Waals surface area contributed by atoms with Crippen molar-refractivity contribution in [2.75, 3.05) is 17.7 Å². The first kappa shape index (κ1) is 16.5. The van der Waals surface area contributed by atoms with E-state index in [0.29, 0.717) is 12.3 Å². The normalized spacial score (nSPS) is 12.2. The van der Waals surface area contributed by atoms with Gasteiger partial charge < -0.3 is 15.8 Å². The van der Waals surface area contributed by atoms with Crippen molar-refractivity contribution in [3.05, 3.63) is 23.8 Å². The molecule has 0 aromatic heterocycles. The molecule has 20 heavy (non-hydrogen) atoms. The first-order chi connectivity index (χ1) is 9.56. The number of carbonyl (C=O) groups excluding carboxylic acids is 1. The van der Waals surface area contributed by atoms with E-state index in [2.05, 4.69) is 12.2 Å². The minimum Gasteiger partial charge on any atom is -0.398 e. The van der Waals surface area contributed by atoms with Crippen LogP contribution in [-0.2, 0) is 9.53 Å². The zero-order valence-corrected chi connectivity index (χ0v) is 12.7. The molecular formula is C16H26N2O2. The van der Waals surface area contributed by atoms with Crippen LogP contribution < -0.4 is 11.1 Å². The van der Waals surface area contributed by atoms with Crippen LogP contribution in [0.1, 0.15) is 45.1 Å². The maximum atomic E-state index is 12.0. The van der Waals surface area contributed by atoms with E-state index in [1.807, 2.05) is 25.1 Å². The van der Waals surface area contributed by atoms with Crippen molar-refractivity contribution in [1.29, 1.82) is 0 Å². The molecule has 0 aliphatic carbocycles. The minimum absolute atomic E-state index is 0.130. The molecule has 0 bridgehead atoms. The Balaban J connectivity index is 2.39. The van der Waals surface area contributed by atoms with Crippen LogP contribution in [0.3, 0.4) is 0 Å². The van der Waals surface area contributed by atoms with Gasteiger partial charge in [-0.05, 0) is 38.0 Å². The summed E-state index contributed by atoms with van der Waals surface area (Å²) in [6.07, 6.45) is 4.12. The molecular weight excluding hydrogens is 252 g/mol. The highest BCUT2D eigenvalue weighted by atomic mass is 16.5. The fourth-order valence-corrected chi connectivity index (χ4v) is 1.89. The Labute approximate surface area is 121 Å². The molecule has 0 saturated heterocycles. The number of ether oxygens (including phenoxy) is 1. The van der Waals surface area contributed by atoms with Gasteiger partial charge in [-0.25, -0.2) is 0 Å². The van der Waals surface area contributed by atoms with Gasteiger partial charge >= 0.3 is 0 Å². The van der Waals surface area contributed by atoms with Gasteiger partial charge in [0.1, 0.15) is 6.10 Å². The number of nitrogen functional groups attached to an aromatic ring is 1. The fourth-order valence-electron chi connectivity index (χ4n) is 1.89. The van der Waals surface area contributed by atoms with Gasteiger partial charge in [-0.1, -0.05) is 32.3 Å². The third-order valence-corrected chi connectivity index (χ3v) is 3.37. The van der Waals surface area contributed by atoms with Crippen molar-refractivity contribution < 1.29 is 9.53 Å². The molecule has 1 atom stereocenters. The van der Waals surface area contributed by atoms with Crippen molar-refractivity contribution in [2.45, 2.75) is 52.6 Å². The Bertz CT molecular complexity index is 432. The van der Waals surface area contributed by atoms with E-state index in [9.17, 15) is 4.79 Å². The lowest BCUT2D eigenvalue weighted by Crippen LogP contribution is -2.28. The van der Waals surface area contributed by atoms with E-state index in [-0.39, 0.29) is 5.91 Å². The van der Waals surface area contributed by atoms with Crippen molar-refractivity contribution in [3.63, 3.8) is 0 Å². The molecule has 1 rings (SSSR count). The number of anilines is 2. The zero-order valence-electron chi connectivity index (χ0n) is 12.7. The quantitative estimate of drug-likeness (QED) is 0.565. The summed E-state index contributed by atoms with van der Waals surface area (Å²) in [5.41, 5.74) is 8.13. The summed E-state index contributed by atoms with van der Waals surface area (Å²) in [5.74, 6) is -0.130. The summed E-state index contributed by atoms with van der Waals surface area (Å²) in [5, 5.41) is 2.86. The van der Waals surface area contributed by atoms with Gasteiger partial charge in [0, 0.05) is 18.0 Å². The number of rotatable bonds is 8. The van der Waals surface area contributed by atoms with E-state index >= 15 is 0 Å². The first-order valence-corrected chi connectivity index (χ1v) is 7.33. The highest BCUT2D eigenvalue weighted by molar-refractivity contribution is 5.95. The fraction of sp³-hybridized carbons (Fsp3) is 0.562. The Morgan fingerprint density at radius 1 is 1.35 bits per heavy atom. The third-order valence-electron chi connectivity index (χ3n) is 3.37. The first-order valence-electron chi connectivity index (χ1n) is 7.33. The molecule has 0 spiro atoms. The molecule has 0 aliphatic rings. The van der Waals surface area contributed by atoms with Crippen LogP contribution in [0.15, 0.2) is 18.2 Å². The van der Waals surface area contributed by atoms with Gasteiger partial charge in [0.15, 0.2) is 0 Å². The average molecular weight is 278 g/mol. The van der Waals surface area contributed by atoms with Crippen LogP contribution in [0.4, 0.5) is 11.4 Å². The number of unbranched alkanes of at least 4 members (excludes halogenated alkanes) is 3. The van der Waals surface area contributed by atoms with E-state index in [1.54, 1.807) is 6.92 Å². The summed E-state index contributed by atoms with van der Waals surface area (Å²) in [7, 11) is 0. The van der Waals surface area contributed by atoms with E-state index in [4.69, 9.17) is 10.5 Å². The summed E-state index contributed by atoms with van der Waals surface area (Å²) in [6, 6.07) is 5.49. The molecule has 1 aromatic rings. The van der Waals surface area contributed by atoms with Crippen molar-refractivity contribution in [2.24, 2.45) is 0 Å². The van der Waals surface area contributed by atoms with Gasteiger partial charge in [-0.3, -0.25) is 4.79 Å². The van der Waals surface area contributed by atoms with E-state index in [1.165, 1.54) is 12.8 Å². The lowest BCUT2D eigenvalue weighted by Gasteiger charge is -2.15. The molecule has 1 aromatic carbocycles. The molecule has 3 N–H and O–H groups in total. The van der Waals surface area contributed by atoms with Crippen LogP contribution in [-0.4, -0.2) is 18.6 Å². The zero-order chi connectivity index (χ0) is 15.0. The molecule has 0 fully saturated rings. The van der Waals surface area contributed by atoms with E-state index < -0.39 is 6.10 Å². The van der Waals surface area contributed by atoms with Gasteiger partial charge in [-0.15, -0.1) is 0 Å². The summed E-state index contributed by atoms with van der Waals surface area (Å²) >= 11 is 0. The van der Waals surface area contributed by atoms with Crippen molar-refractivity contribution in [1.82, 2.24) is 0 Å². The summed E-state index contributed by atoms with van der Waals surface area (Å²) < 4.78 is 5.55. The maximum Gasteiger partial charge on any atom is 0.253 e. The van der Waals surface area contributed by atoms with E-state index in [0.717, 1.165) is 24.1 Å². The summed E-state index contributed by atoms with van der Waals surface area (Å²) in [4.78, 5) is 12.0. The van der Waals surface area contributed by atoms with Gasteiger partial charge in [0.05, 0.1) is 0 Å². The lowest BCUT2D eigenvalue weighted by molar-refractivity contribution is -0.126. The van der Waals surface area contributed by atoms with Crippen LogP contribution in [0.5, 0.6) is 0 Å². The van der Waals surface area contributed by atoms with Gasteiger partial charge in [0.2, 0.25) is 0 Å². The summed E-state index contributed by atoms with van der Waals surface area (Å²) in [6.45, 7) is 6.47. The molecule has 0 saturated carbocycles. The number of hydrogen-bond acceptors (Lipinski definition) is 3. The number of nitrogens with two attached hydrogens (primary N) is 1. The number of carbonyl (C=O) groups is 1. The monoisotopic (exact) mass is 278 g/mol. The SMILES string of the molecule is CCCCCCOC(C)C(=O)Nc1cccc(N)c1C. The van der Waals surface area contributed by atoms with Crippen molar-refractivity contribution >= 4 is 17.3 Å². The Kier molecular flexibility index (Phi) is 7.09. The topological polar surface area (TPSA) is 64.3 Å². The number of amides is 1. The van der Waals surface area contributed by atoms with Crippen LogP contribution in [0.25, 0.3) is 0 Å². The largest absolute Gasteiger partial charge is 0.398 e. The molecule has 1 amide bonds. The van der Waals surface area contributed by atoms with Crippen molar-refractivity contribution in [3.8, 4) is 0 Å². The second-order valence-corrected chi connectivity index (χ2v) is 5.08. The molecule has 1 unspecified atom stereocenters. The molecule has 0 heterocycles. The lowest BCUT2D eigenvalue weighted by atomic mass is 10.1. The predicted molar refractivity (Wildman–Crippen MR) is 83.8 cm³/mol. The maximum absolute atomic E-state index is 12.0. The van der Waals surface area contributed by atoms with Gasteiger partial charge in [-0.2, -0.15) is 0 Å². The molecule has 112 valence electrons.